The molecule has 8 rings (SSSR count). The number of hydrogen-bond acceptors (Lipinski definition) is 13. The van der Waals surface area contributed by atoms with Gasteiger partial charge in [0.15, 0.2) is 0 Å². The van der Waals surface area contributed by atoms with Crippen molar-refractivity contribution in [2.45, 2.75) is 74.7 Å². The highest BCUT2D eigenvalue weighted by Gasteiger charge is 2.45. The molecule has 17 nitrogen and oxygen atoms in total. The lowest BCUT2D eigenvalue weighted by molar-refractivity contribution is -0.136. The fourth-order valence-corrected chi connectivity index (χ4v) is 10.8. The Balaban J connectivity index is 0.000000202. The largest absolute Gasteiger partial charge is 0.497 e. The molecule has 0 aliphatic heterocycles. The number of rotatable bonds is 15. The molecule has 0 radical (unpaired) electrons. The molecule has 0 saturated heterocycles. The molecule has 1 amide bonds. The molecule has 6 aromatic rings. The summed E-state index contributed by atoms with van der Waals surface area (Å²) in [6.07, 6.45) is 3.60. The van der Waals surface area contributed by atoms with E-state index in [0.29, 0.717) is 75.6 Å². The second-order valence-electron chi connectivity index (χ2n) is 19.9. The number of hydrogen-bond donors (Lipinski definition) is 7. The first-order valence-corrected chi connectivity index (χ1v) is 25.4. The van der Waals surface area contributed by atoms with Crippen LogP contribution in [0.1, 0.15) is 60.8 Å². The second kappa shape index (κ2) is 25.6. The zero-order valence-electron chi connectivity index (χ0n) is 43.8. The minimum absolute atomic E-state index is 0.0971. The molecule has 0 bridgehead atoms. The maximum absolute atomic E-state index is 13.1. The van der Waals surface area contributed by atoms with Crippen LogP contribution in [0.15, 0.2) is 94.5 Å². The molecule has 75 heavy (non-hydrogen) atoms. The van der Waals surface area contributed by atoms with Gasteiger partial charge in [-0.05, 0) is 139 Å². The van der Waals surface area contributed by atoms with Crippen molar-refractivity contribution in [2.75, 3.05) is 69.7 Å². The lowest BCUT2D eigenvalue weighted by Gasteiger charge is -2.44. The molecule has 0 spiro atoms. The molecule has 2 aliphatic rings. The number of halogens is 2. The molecule has 2 aliphatic carbocycles. The SMILES string of the molecule is COc1c(CC(=O)O)c(=O)[nH]c2cc(Cl)ccc12.COc1cccc(C2(O)CCC(N)CC2CN(C)C)c1.COc1cccc(C2(O)CCC(NC(=O)Cc3c(OC)c4ccc(Cl)cc4[nH]c3=O)CC2CN(C)C)c1. The Morgan fingerprint density at radius 1 is 0.667 bits per heavy atom. The number of ether oxygens (including phenoxy) is 4. The van der Waals surface area contributed by atoms with E-state index >= 15 is 0 Å². The minimum atomic E-state index is -1.09. The Kier molecular flexibility index (Phi) is 19.8. The van der Waals surface area contributed by atoms with Crippen LogP contribution in [0.4, 0.5) is 0 Å². The number of nitrogens with one attached hydrogen (secondary N) is 3. The number of aliphatic hydroxyl groups is 2. The van der Waals surface area contributed by atoms with Crippen LogP contribution in [0.25, 0.3) is 21.8 Å². The van der Waals surface area contributed by atoms with Crippen LogP contribution >= 0.6 is 23.2 Å². The van der Waals surface area contributed by atoms with Crippen molar-refractivity contribution < 1.29 is 43.9 Å². The second-order valence-corrected chi connectivity index (χ2v) is 20.7. The molecule has 2 saturated carbocycles. The molecule has 2 heterocycles. The van der Waals surface area contributed by atoms with E-state index in [1.54, 1.807) is 50.6 Å². The Bertz CT molecular complexity index is 3070. The summed E-state index contributed by atoms with van der Waals surface area (Å²) in [6, 6.07) is 25.4. The van der Waals surface area contributed by atoms with E-state index in [-0.39, 0.29) is 58.7 Å². The van der Waals surface area contributed by atoms with Crippen molar-refractivity contribution >= 4 is 56.9 Å². The zero-order valence-corrected chi connectivity index (χ0v) is 45.3. The highest BCUT2D eigenvalue weighted by Crippen LogP contribution is 2.44. The van der Waals surface area contributed by atoms with E-state index in [0.717, 1.165) is 36.3 Å². The third-order valence-corrected chi connectivity index (χ3v) is 14.5. The summed E-state index contributed by atoms with van der Waals surface area (Å²) < 4.78 is 21.3. The number of nitrogens with two attached hydrogens (primary N) is 1. The number of carboxylic acid groups (broad SMARTS) is 1. The fourth-order valence-electron chi connectivity index (χ4n) is 10.5. The molecule has 6 unspecified atom stereocenters. The number of aromatic amines is 2. The average Bonchev–Trinajstić information content (AvgIpc) is 3.36. The van der Waals surface area contributed by atoms with Gasteiger partial charge in [-0.3, -0.25) is 19.2 Å². The minimum Gasteiger partial charge on any atom is -0.497 e. The highest BCUT2D eigenvalue weighted by molar-refractivity contribution is 6.31. The number of H-pyrrole nitrogens is 2. The number of aromatic nitrogens is 2. The zero-order chi connectivity index (χ0) is 54.8. The number of carbonyl (C=O) groups excluding carboxylic acids is 1. The van der Waals surface area contributed by atoms with Crippen LogP contribution in [0.2, 0.25) is 10.0 Å². The first kappa shape index (κ1) is 58.1. The molecule has 6 atom stereocenters. The maximum atomic E-state index is 13.1. The van der Waals surface area contributed by atoms with Crippen molar-refractivity contribution in [1.29, 1.82) is 0 Å². The van der Waals surface area contributed by atoms with E-state index < -0.39 is 29.2 Å². The number of benzene rings is 4. The van der Waals surface area contributed by atoms with Crippen LogP contribution in [-0.4, -0.2) is 129 Å². The molecular weight excluding hydrogens is 1000 g/mol. The number of amides is 1. The van der Waals surface area contributed by atoms with Gasteiger partial charge in [-0.2, -0.15) is 0 Å². The van der Waals surface area contributed by atoms with Crippen molar-refractivity contribution in [1.82, 2.24) is 25.1 Å². The van der Waals surface area contributed by atoms with Crippen LogP contribution in [0, 0.1) is 11.8 Å². The Hall–Kier alpha value is -6.18. The van der Waals surface area contributed by atoms with Gasteiger partial charge in [0.05, 0.1) is 74.6 Å². The Labute approximate surface area is 446 Å². The summed E-state index contributed by atoms with van der Waals surface area (Å²) in [4.78, 5) is 58.0. The van der Waals surface area contributed by atoms with E-state index in [9.17, 15) is 29.4 Å². The predicted octanol–water partition coefficient (Wildman–Crippen LogP) is 6.86. The van der Waals surface area contributed by atoms with Crippen molar-refractivity contribution in [3.63, 3.8) is 0 Å². The van der Waals surface area contributed by atoms with Gasteiger partial charge in [-0.25, -0.2) is 0 Å². The molecule has 8 N–H and O–H groups in total. The van der Waals surface area contributed by atoms with Crippen molar-refractivity contribution in [2.24, 2.45) is 17.6 Å². The lowest BCUT2D eigenvalue weighted by atomic mass is 9.69. The van der Waals surface area contributed by atoms with E-state index in [1.807, 2.05) is 81.6 Å². The third kappa shape index (κ3) is 14.2. The summed E-state index contributed by atoms with van der Waals surface area (Å²) in [5, 5.41) is 37.2. The van der Waals surface area contributed by atoms with Crippen molar-refractivity contribution in [3.05, 3.63) is 138 Å². The third-order valence-electron chi connectivity index (χ3n) is 14.1. The first-order chi connectivity index (χ1) is 35.6. The normalized spacial score (nSPS) is 21.4. The number of carboxylic acids is 1. The topological polar surface area (TPSA) is 242 Å². The fraction of sp³-hybridized carbons (Fsp3) is 0.429. The molecular formula is C56H70Cl2N6O11. The Morgan fingerprint density at radius 2 is 1.12 bits per heavy atom. The van der Waals surface area contributed by atoms with Crippen LogP contribution < -0.4 is 41.1 Å². The van der Waals surface area contributed by atoms with E-state index in [2.05, 4.69) is 20.2 Å². The summed E-state index contributed by atoms with van der Waals surface area (Å²) >= 11 is 11.9. The smallest absolute Gasteiger partial charge is 0.308 e. The Morgan fingerprint density at radius 3 is 1.56 bits per heavy atom. The molecule has 2 aromatic heterocycles. The van der Waals surface area contributed by atoms with E-state index in [4.69, 9.17) is 53.0 Å². The number of nitrogens with zero attached hydrogens (tertiary/aromatic N) is 2. The monoisotopic (exact) mass is 1070 g/mol. The summed E-state index contributed by atoms with van der Waals surface area (Å²) in [7, 11) is 14.2. The molecule has 2 fully saturated rings. The number of aliphatic carboxylic acids is 1. The first-order valence-electron chi connectivity index (χ1n) is 24.7. The van der Waals surface area contributed by atoms with Gasteiger partial charge >= 0.3 is 5.97 Å². The van der Waals surface area contributed by atoms with Gasteiger partial charge in [-0.1, -0.05) is 47.5 Å². The summed E-state index contributed by atoms with van der Waals surface area (Å²) in [5.74, 6) is 0.797. The van der Waals surface area contributed by atoms with Gasteiger partial charge in [0.25, 0.3) is 11.1 Å². The summed E-state index contributed by atoms with van der Waals surface area (Å²) in [6.45, 7) is 1.49. The van der Waals surface area contributed by atoms with E-state index in [1.165, 1.54) is 14.2 Å². The lowest BCUT2D eigenvalue weighted by Crippen LogP contribution is -2.50. The number of carbonyl (C=O) groups is 2. The van der Waals surface area contributed by atoms with Crippen LogP contribution in [0.5, 0.6) is 23.0 Å². The number of methoxy groups -OCH3 is 4. The average molecular weight is 1070 g/mol. The highest BCUT2D eigenvalue weighted by atomic mass is 35.5. The molecule has 404 valence electrons. The van der Waals surface area contributed by atoms with Crippen LogP contribution in [-0.2, 0) is 33.6 Å². The molecule has 19 heteroatoms. The summed E-state index contributed by atoms with van der Waals surface area (Å²) in [5.41, 5.74) is 6.56. The van der Waals surface area contributed by atoms with Crippen LogP contribution in [0.3, 0.4) is 0 Å². The quantitative estimate of drug-likeness (QED) is 0.0556. The van der Waals surface area contributed by atoms with Gasteiger partial charge in [0, 0.05) is 57.8 Å². The predicted molar refractivity (Wildman–Crippen MR) is 293 cm³/mol. The number of pyridine rings is 2. The van der Waals surface area contributed by atoms with Gasteiger partial charge < -0.3 is 65.1 Å². The molecule has 4 aromatic carbocycles. The maximum Gasteiger partial charge on any atom is 0.308 e. The standard InChI is InChI=1S/C28H34ClN3O5.C16H26N2O2.C12H10ClNO4/c1-32(2)16-18-12-20(10-11-28(18,35)17-6-5-7-21(13-17)36-3)30-25(33)15-23-26(37-4)22-9-8-19(29)14-24(22)31-27(23)34;1-18(2)11-13-9-14(17)7-8-16(13,19)12-5-4-6-15(10-12)20-3;1-18-11-7-3-2-6(13)4-9(7)14-12(17)8(11)5-10(15)16/h5-9,13-14,18,20,35H,10-12,15-16H2,1-4H3,(H,30,33)(H,31,34);4-6,10,13-14,19H,7-9,11,17H2,1-3H3;2-4H,5H2,1H3,(H,14,17)(H,15,16). The van der Waals surface area contributed by atoms with Gasteiger partial charge in [-0.15, -0.1) is 0 Å². The number of fused-ring (bicyclic) bond motifs is 2. The van der Waals surface area contributed by atoms with Gasteiger partial charge in [0.2, 0.25) is 5.91 Å². The van der Waals surface area contributed by atoms with Crippen molar-refractivity contribution in [3.8, 4) is 23.0 Å². The van der Waals surface area contributed by atoms with Gasteiger partial charge in [0.1, 0.15) is 23.0 Å².